The Labute approximate surface area is 148 Å². The normalized spacial score (nSPS) is 11.1. The van der Waals surface area contributed by atoms with Gasteiger partial charge in [0.1, 0.15) is 0 Å². The fourth-order valence-corrected chi connectivity index (χ4v) is 2.82. The number of aromatic amines is 1. The summed E-state index contributed by atoms with van der Waals surface area (Å²) < 4.78 is 5.01. The molecule has 0 spiro atoms. The van der Waals surface area contributed by atoms with E-state index in [2.05, 4.69) is 20.5 Å². The highest BCUT2D eigenvalue weighted by Crippen LogP contribution is 2.27. The molecule has 0 saturated carbocycles. The molecule has 0 saturated heterocycles. The molecule has 0 aliphatic rings. The molecule has 0 aliphatic heterocycles. The quantitative estimate of drug-likeness (QED) is 0.358. The van der Waals surface area contributed by atoms with Crippen LogP contribution in [0, 0.1) is 0 Å². The van der Waals surface area contributed by atoms with E-state index in [0.717, 1.165) is 11.0 Å². The number of H-pyrrole nitrogens is 1. The Morgan fingerprint density at radius 2 is 2.20 bits per heavy atom. The molecule has 0 radical (unpaired) electrons. The molecule has 0 unspecified atom stereocenters. The molecule has 0 aliphatic carbocycles. The third kappa shape index (κ3) is 4.10. The number of hydrazone groups is 1. The van der Waals surface area contributed by atoms with Gasteiger partial charge < -0.3 is 14.8 Å². The van der Waals surface area contributed by atoms with E-state index in [1.807, 2.05) is 24.3 Å². The zero-order valence-corrected chi connectivity index (χ0v) is 14.2. The second-order valence-electron chi connectivity index (χ2n) is 5.04. The molecule has 1 heterocycles. The van der Waals surface area contributed by atoms with Crippen LogP contribution in [0.25, 0.3) is 11.0 Å². The van der Waals surface area contributed by atoms with Gasteiger partial charge in [0, 0.05) is 5.56 Å². The van der Waals surface area contributed by atoms with Crippen molar-refractivity contribution in [3.8, 4) is 11.5 Å². The Hall–Kier alpha value is -3.00. The number of phenolic OH excluding ortho intramolecular Hbond substituents is 1. The van der Waals surface area contributed by atoms with E-state index < -0.39 is 0 Å². The van der Waals surface area contributed by atoms with Gasteiger partial charge in [-0.2, -0.15) is 5.10 Å². The Kier molecular flexibility index (Phi) is 5.20. The van der Waals surface area contributed by atoms with Gasteiger partial charge in [0.2, 0.25) is 0 Å². The number of carbonyl (C=O) groups is 1. The molecular formula is C17H16N4O3S. The molecule has 128 valence electrons. The molecule has 8 heteroatoms. The summed E-state index contributed by atoms with van der Waals surface area (Å²) in [6, 6.07) is 12.7. The maximum atomic E-state index is 11.9. The monoisotopic (exact) mass is 356 g/mol. The van der Waals surface area contributed by atoms with Crippen LogP contribution in [0.4, 0.5) is 0 Å². The number of phenols is 1. The molecule has 3 rings (SSSR count). The number of hydrogen-bond donors (Lipinski definition) is 3. The SMILES string of the molecule is COc1cccc(C=NNC(=O)CSc2nc3ccccc3[nH]2)c1O. The lowest BCUT2D eigenvalue weighted by atomic mass is 10.2. The highest BCUT2D eigenvalue weighted by Gasteiger charge is 2.07. The first kappa shape index (κ1) is 16.8. The molecule has 3 aromatic rings. The van der Waals surface area contributed by atoms with Crippen molar-refractivity contribution in [3.63, 3.8) is 0 Å². The van der Waals surface area contributed by atoms with Crippen molar-refractivity contribution in [2.45, 2.75) is 5.16 Å². The minimum Gasteiger partial charge on any atom is -0.504 e. The van der Waals surface area contributed by atoms with Gasteiger partial charge in [0.15, 0.2) is 16.7 Å². The number of nitrogens with one attached hydrogen (secondary N) is 2. The minimum atomic E-state index is -0.274. The summed E-state index contributed by atoms with van der Waals surface area (Å²) in [6.07, 6.45) is 1.36. The number of aromatic hydroxyl groups is 1. The smallest absolute Gasteiger partial charge is 0.250 e. The minimum absolute atomic E-state index is 0.0281. The van der Waals surface area contributed by atoms with Crippen molar-refractivity contribution in [1.29, 1.82) is 0 Å². The van der Waals surface area contributed by atoms with Crippen LogP contribution >= 0.6 is 11.8 Å². The standard InChI is InChI=1S/C17H16N4O3S/c1-24-14-8-4-5-11(16(14)23)9-18-21-15(22)10-25-17-19-12-6-2-3-7-13(12)20-17/h2-9,23H,10H2,1H3,(H,19,20)(H,21,22). The number of methoxy groups -OCH3 is 1. The lowest BCUT2D eigenvalue weighted by Crippen LogP contribution is -2.19. The van der Waals surface area contributed by atoms with Crippen LogP contribution in [0.15, 0.2) is 52.7 Å². The van der Waals surface area contributed by atoms with Gasteiger partial charge >= 0.3 is 0 Å². The van der Waals surface area contributed by atoms with Gasteiger partial charge in [0.25, 0.3) is 5.91 Å². The van der Waals surface area contributed by atoms with Crippen LogP contribution in [0.1, 0.15) is 5.56 Å². The summed E-state index contributed by atoms with van der Waals surface area (Å²) in [5.74, 6) is 0.209. The van der Waals surface area contributed by atoms with Crippen LogP contribution < -0.4 is 10.2 Å². The third-order valence-corrected chi connectivity index (χ3v) is 4.22. The Morgan fingerprint density at radius 3 is 3.00 bits per heavy atom. The predicted octanol–water partition coefficient (Wildman–Crippen LogP) is 2.52. The van der Waals surface area contributed by atoms with Gasteiger partial charge in [-0.3, -0.25) is 4.79 Å². The highest BCUT2D eigenvalue weighted by atomic mass is 32.2. The lowest BCUT2D eigenvalue weighted by Gasteiger charge is -2.04. The largest absolute Gasteiger partial charge is 0.504 e. The number of para-hydroxylation sites is 3. The van der Waals surface area contributed by atoms with Crippen LogP contribution in [-0.4, -0.2) is 40.1 Å². The van der Waals surface area contributed by atoms with E-state index in [1.54, 1.807) is 18.2 Å². The van der Waals surface area contributed by atoms with Crippen molar-refractivity contribution in [2.24, 2.45) is 5.10 Å². The highest BCUT2D eigenvalue weighted by molar-refractivity contribution is 7.99. The summed E-state index contributed by atoms with van der Waals surface area (Å²) in [4.78, 5) is 19.4. The number of fused-ring (bicyclic) bond motifs is 1. The van der Waals surface area contributed by atoms with E-state index >= 15 is 0 Å². The first-order chi connectivity index (χ1) is 12.2. The average Bonchev–Trinajstić information content (AvgIpc) is 3.04. The molecule has 0 bridgehead atoms. The number of imidazole rings is 1. The fraction of sp³-hybridized carbons (Fsp3) is 0.118. The zero-order chi connectivity index (χ0) is 17.6. The summed E-state index contributed by atoms with van der Waals surface area (Å²) in [5, 5.41) is 14.5. The zero-order valence-electron chi connectivity index (χ0n) is 13.4. The van der Waals surface area contributed by atoms with Gasteiger partial charge in [-0.1, -0.05) is 30.0 Å². The van der Waals surface area contributed by atoms with E-state index in [-0.39, 0.29) is 17.4 Å². The molecular weight excluding hydrogens is 340 g/mol. The Bertz CT molecular complexity index is 890. The number of ether oxygens (including phenoxy) is 1. The molecule has 7 nitrogen and oxygen atoms in total. The molecule has 1 aromatic heterocycles. The van der Waals surface area contributed by atoms with Crippen LogP contribution in [-0.2, 0) is 4.79 Å². The average molecular weight is 356 g/mol. The number of rotatable bonds is 6. The summed E-state index contributed by atoms with van der Waals surface area (Å²) in [6.45, 7) is 0. The van der Waals surface area contributed by atoms with E-state index in [9.17, 15) is 9.90 Å². The molecule has 0 atom stereocenters. The van der Waals surface area contributed by atoms with Crippen molar-refractivity contribution in [1.82, 2.24) is 15.4 Å². The topological polar surface area (TPSA) is 99.6 Å². The molecule has 2 aromatic carbocycles. The van der Waals surface area contributed by atoms with Crippen molar-refractivity contribution >= 4 is 34.9 Å². The van der Waals surface area contributed by atoms with Crippen molar-refractivity contribution in [2.75, 3.05) is 12.9 Å². The number of nitrogens with zero attached hydrogens (tertiary/aromatic N) is 2. The second-order valence-corrected chi connectivity index (χ2v) is 6.00. The number of carbonyl (C=O) groups excluding carboxylic acids is 1. The van der Waals surface area contributed by atoms with Gasteiger partial charge in [-0.05, 0) is 24.3 Å². The van der Waals surface area contributed by atoms with E-state index in [4.69, 9.17) is 4.74 Å². The number of amides is 1. The Balaban J connectivity index is 1.54. The molecule has 1 amide bonds. The molecule has 25 heavy (non-hydrogen) atoms. The van der Waals surface area contributed by atoms with Crippen molar-refractivity contribution in [3.05, 3.63) is 48.0 Å². The van der Waals surface area contributed by atoms with E-state index in [1.165, 1.54) is 25.1 Å². The number of benzene rings is 2. The number of aromatic nitrogens is 2. The second kappa shape index (κ2) is 7.71. The van der Waals surface area contributed by atoms with Gasteiger partial charge in [-0.15, -0.1) is 0 Å². The first-order valence-corrected chi connectivity index (χ1v) is 8.41. The Morgan fingerprint density at radius 1 is 1.36 bits per heavy atom. The number of hydrogen-bond acceptors (Lipinski definition) is 6. The molecule has 0 fully saturated rings. The maximum Gasteiger partial charge on any atom is 0.250 e. The summed E-state index contributed by atoms with van der Waals surface area (Å²) in [7, 11) is 1.47. The maximum absolute atomic E-state index is 11.9. The number of thioether (sulfide) groups is 1. The van der Waals surface area contributed by atoms with Crippen LogP contribution in [0.2, 0.25) is 0 Å². The van der Waals surface area contributed by atoms with Gasteiger partial charge in [0.05, 0.1) is 30.1 Å². The van der Waals surface area contributed by atoms with Gasteiger partial charge in [-0.25, -0.2) is 10.4 Å². The first-order valence-electron chi connectivity index (χ1n) is 7.43. The van der Waals surface area contributed by atoms with Crippen molar-refractivity contribution < 1.29 is 14.6 Å². The van der Waals surface area contributed by atoms with E-state index in [0.29, 0.717) is 16.5 Å². The lowest BCUT2D eigenvalue weighted by molar-refractivity contribution is -0.118. The van der Waals surface area contributed by atoms with Crippen LogP contribution in [0.5, 0.6) is 11.5 Å². The fourth-order valence-electron chi connectivity index (χ4n) is 2.15. The summed E-state index contributed by atoms with van der Waals surface area (Å²) >= 11 is 1.29. The van der Waals surface area contributed by atoms with Crippen LogP contribution in [0.3, 0.4) is 0 Å². The molecule has 3 N–H and O–H groups in total. The third-order valence-electron chi connectivity index (χ3n) is 3.35. The summed E-state index contributed by atoms with van der Waals surface area (Å²) in [5.41, 5.74) is 4.65. The predicted molar refractivity (Wildman–Crippen MR) is 97.2 cm³/mol.